The number of piperidine rings is 1. The molecule has 2 N–H and O–H groups in total. The molecule has 2 aromatic rings. The summed E-state index contributed by atoms with van der Waals surface area (Å²) < 4.78 is 45.6. The summed E-state index contributed by atoms with van der Waals surface area (Å²) in [5.74, 6) is 0.380. The molecule has 1 aliphatic heterocycles. The van der Waals surface area contributed by atoms with Crippen molar-refractivity contribution in [3.8, 4) is 0 Å². The Morgan fingerprint density at radius 2 is 2.08 bits per heavy atom. The molecule has 0 amide bonds. The van der Waals surface area contributed by atoms with Gasteiger partial charge in [0.2, 0.25) is 0 Å². The molecule has 1 fully saturated rings. The summed E-state index contributed by atoms with van der Waals surface area (Å²) in [7, 11) is 0. The first-order valence-electron chi connectivity index (χ1n) is 8.41. The Morgan fingerprint density at radius 3 is 2.80 bits per heavy atom. The molecule has 2 unspecified atom stereocenters. The van der Waals surface area contributed by atoms with Crippen molar-refractivity contribution in [1.82, 2.24) is 4.98 Å². The standard InChI is InChI=1S/C18H22F3N3O/c1-12-9-13(25-8-6-22)11-24(10-12)16-5-4-15(18(19,20)21)17-14(16)3-2-7-23-17/h2-5,7,12-13H,6,8-11,22H2,1H3. The topological polar surface area (TPSA) is 51.4 Å². The van der Waals surface area contributed by atoms with Gasteiger partial charge in [0.05, 0.1) is 23.8 Å². The van der Waals surface area contributed by atoms with Crippen LogP contribution in [0.15, 0.2) is 30.5 Å². The van der Waals surface area contributed by atoms with Crippen LogP contribution in [-0.4, -0.2) is 37.3 Å². The minimum absolute atomic E-state index is 0.00912. The molecule has 136 valence electrons. The van der Waals surface area contributed by atoms with E-state index in [2.05, 4.69) is 16.8 Å². The molecule has 1 aliphatic rings. The number of rotatable bonds is 4. The molecular formula is C18H22F3N3O. The number of nitrogens with zero attached hydrogens (tertiary/aromatic N) is 2. The number of aromatic nitrogens is 1. The fourth-order valence-corrected chi connectivity index (χ4v) is 3.51. The molecule has 0 spiro atoms. The van der Waals surface area contributed by atoms with Crippen LogP contribution >= 0.6 is 0 Å². The third kappa shape index (κ3) is 3.88. The second-order valence-electron chi connectivity index (χ2n) is 6.56. The molecular weight excluding hydrogens is 331 g/mol. The minimum Gasteiger partial charge on any atom is -0.375 e. The second-order valence-corrected chi connectivity index (χ2v) is 6.56. The van der Waals surface area contributed by atoms with Crippen LogP contribution in [-0.2, 0) is 10.9 Å². The van der Waals surface area contributed by atoms with Crippen LogP contribution < -0.4 is 10.6 Å². The zero-order chi connectivity index (χ0) is 18.0. The Bertz CT molecular complexity index is 735. The summed E-state index contributed by atoms with van der Waals surface area (Å²) in [6.07, 6.45) is -2.07. The molecule has 1 aromatic heterocycles. The predicted molar refractivity (Wildman–Crippen MR) is 91.5 cm³/mol. The van der Waals surface area contributed by atoms with Crippen molar-refractivity contribution >= 4 is 16.6 Å². The quantitative estimate of drug-likeness (QED) is 0.915. The Morgan fingerprint density at radius 1 is 1.28 bits per heavy atom. The fraction of sp³-hybridized carbons (Fsp3) is 0.500. The van der Waals surface area contributed by atoms with Gasteiger partial charge in [-0.3, -0.25) is 4.98 Å². The highest BCUT2D eigenvalue weighted by Gasteiger charge is 2.34. The third-order valence-electron chi connectivity index (χ3n) is 4.49. The summed E-state index contributed by atoms with van der Waals surface area (Å²) in [6, 6.07) is 6.04. The van der Waals surface area contributed by atoms with Gasteiger partial charge in [0, 0.05) is 36.9 Å². The van der Waals surface area contributed by atoms with E-state index in [0.29, 0.717) is 31.0 Å². The SMILES string of the molecule is CC1CC(OCCN)CN(c2ccc(C(F)(F)F)c3ncccc23)C1. The van der Waals surface area contributed by atoms with Gasteiger partial charge in [0.25, 0.3) is 0 Å². The van der Waals surface area contributed by atoms with E-state index < -0.39 is 11.7 Å². The number of anilines is 1. The fourth-order valence-electron chi connectivity index (χ4n) is 3.51. The van der Waals surface area contributed by atoms with Gasteiger partial charge < -0.3 is 15.4 Å². The molecule has 2 heterocycles. The van der Waals surface area contributed by atoms with E-state index in [-0.39, 0.29) is 11.6 Å². The Kier molecular flexibility index (Phi) is 5.15. The predicted octanol–water partition coefficient (Wildman–Crippen LogP) is 3.44. The van der Waals surface area contributed by atoms with Crippen LogP contribution in [0.25, 0.3) is 10.9 Å². The smallest absolute Gasteiger partial charge is 0.375 e. The number of hydrogen-bond acceptors (Lipinski definition) is 4. The summed E-state index contributed by atoms with van der Waals surface area (Å²) in [5.41, 5.74) is 5.56. The average Bonchev–Trinajstić information content (AvgIpc) is 2.57. The molecule has 25 heavy (non-hydrogen) atoms. The molecule has 0 radical (unpaired) electrons. The molecule has 1 aromatic carbocycles. The third-order valence-corrected chi connectivity index (χ3v) is 4.49. The van der Waals surface area contributed by atoms with Gasteiger partial charge in [-0.2, -0.15) is 13.2 Å². The molecule has 2 atom stereocenters. The molecule has 3 rings (SSSR count). The normalized spacial score (nSPS) is 21.7. The van der Waals surface area contributed by atoms with E-state index in [9.17, 15) is 13.2 Å². The lowest BCUT2D eigenvalue weighted by Gasteiger charge is -2.38. The monoisotopic (exact) mass is 353 g/mol. The Labute approximate surface area is 144 Å². The highest BCUT2D eigenvalue weighted by Crippen LogP contribution is 2.38. The highest BCUT2D eigenvalue weighted by atomic mass is 19.4. The van der Waals surface area contributed by atoms with Gasteiger partial charge in [0.1, 0.15) is 0 Å². The van der Waals surface area contributed by atoms with Gasteiger partial charge in [0.15, 0.2) is 0 Å². The largest absolute Gasteiger partial charge is 0.418 e. The summed E-state index contributed by atoms with van der Waals surface area (Å²) >= 11 is 0. The van der Waals surface area contributed by atoms with Gasteiger partial charge in [-0.05, 0) is 36.6 Å². The Hall–Kier alpha value is -1.86. The van der Waals surface area contributed by atoms with Gasteiger partial charge >= 0.3 is 6.18 Å². The van der Waals surface area contributed by atoms with Gasteiger partial charge in [-0.25, -0.2) is 0 Å². The number of nitrogens with two attached hydrogens (primary N) is 1. The van der Waals surface area contributed by atoms with Crippen molar-refractivity contribution in [3.63, 3.8) is 0 Å². The van der Waals surface area contributed by atoms with E-state index in [4.69, 9.17) is 10.5 Å². The number of alkyl halides is 3. The van der Waals surface area contributed by atoms with Crippen LogP contribution in [0.2, 0.25) is 0 Å². The lowest BCUT2D eigenvalue weighted by atomic mass is 9.96. The lowest BCUT2D eigenvalue weighted by Crippen LogP contribution is -2.44. The first-order valence-corrected chi connectivity index (χ1v) is 8.41. The van der Waals surface area contributed by atoms with Crippen LogP contribution in [0.1, 0.15) is 18.9 Å². The molecule has 0 aliphatic carbocycles. The zero-order valence-corrected chi connectivity index (χ0v) is 14.1. The first kappa shape index (κ1) is 17.9. The number of fused-ring (bicyclic) bond motifs is 1. The highest BCUT2D eigenvalue weighted by molar-refractivity contribution is 5.94. The maximum atomic E-state index is 13.3. The molecule has 4 nitrogen and oxygen atoms in total. The number of ether oxygens (including phenoxy) is 1. The number of pyridine rings is 1. The number of hydrogen-bond donors (Lipinski definition) is 1. The van der Waals surface area contributed by atoms with Crippen molar-refractivity contribution in [2.24, 2.45) is 11.7 Å². The van der Waals surface area contributed by atoms with Crippen molar-refractivity contribution in [3.05, 3.63) is 36.0 Å². The summed E-state index contributed by atoms with van der Waals surface area (Å²) in [4.78, 5) is 6.09. The van der Waals surface area contributed by atoms with Crippen LogP contribution in [0.5, 0.6) is 0 Å². The second kappa shape index (κ2) is 7.17. The zero-order valence-electron chi connectivity index (χ0n) is 14.1. The van der Waals surface area contributed by atoms with E-state index in [1.54, 1.807) is 18.2 Å². The minimum atomic E-state index is -4.42. The summed E-state index contributed by atoms with van der Waals surface area (Å²) in [6.45, 7) is 4.48. The lowest BCUT2D eigenvalue weighted by molar-refractivity contribution is -0.136. The molecule has 0 saturated carbocycles. The summed E-state index contributed by atoms with van der Waals surface area (Å²) in [5, 5.41) is 0.518. The molecule has 0 bridgehead atoms. The molecule has 1 saturated heterocycles. The first-order chi connectivity index (χ1) is 11.9. The number of halogens is 3. The van der Waals surface area contributed by atoms with Crippen LogP contribution in [0.4, 0.5) is 18.9 Å². The molecule has 7 heteroatoms. The van der Waals surface area contributed by atoms with E-state index in [0.717, 1.165) is 24.7 Å². The Balaban J connectivity index is 1.98. The maximum Gasteiger partial charge on any atom is 0.418 e. The van der Waals surface area contributed by atoms with E-state index >= 15 is 0 Å². The average molecular weight is 353 g/mol. The van der Waals surface area contributed by atoms with Crippen molar-refractivity contribution in [2.45, 2.75) is 25.6 Å². The van der Waals surface area contributed by atoms with E-state index in [1.165, 1.54) is 6.20 Å². The maximum absolute atomic E-state index is 13.3. The van der Waals surface area contributed by atoms with Gasteiger partial charge in [-0.1, -0.05) is 6.92 Å². The van der Waals surface area contributed by atoms with Crippen molar-refractivity contribution in [1.29, 1.82) is 0 Å². The van der Waals surface area contributed by atoms with E-state index in [1.807, 2.05) is 0 Å². The van der Waals surface area contributed by atoms with Gasteiger partial charge in [-0.15, -0.1) is 0 Å². The van der Waals surface area contributed by atoms with Crippen LogP contribution in [0.3, 0.4) is 0 Å². The van der Waals surface area contributed by atoms with Crippen molar-refractivity contribution < 1.29 is 17.9 Å². The van der Waals surface area contributed by atoms with Crippen LogP contribution in [0, 0.1) is 5.92 Å². The van der Waals surface area contributed by atoms with Crippen molar-refractivity contribution in [2.75, 3.05) is 31.1 Å². The number of benzene rings is 1.